The average Bonchev–Trinajstić information content (AvgIpc) is 2.19. The Kier molecular flexibility index (Phi) is 5.85. The van der Waals surface area contributed by atoms with E-state index in [1.54, 1.807) is 0 Å². The maximum atomic E-state index is 3.49. The average molecular weight is 193 g/mol. The van der Waals surface area contributed by atoms with Crippen LogP contribution in [0.5, 0.6) is 0 Å². The fraction of sp³-hybridized carbons (Fsp3) is 0.500. The van der Waals surface area contributed by atoms with Crippen LogP contribution in [0.15, 0.2) is 30.3 Å². The molecule has 13 heavy (non-hydrogen) atoms. The molecular formula is C12H18P. The normalized spacial score (nSPS) is 10.2. The van der Waals surface area contributed by atoms with Crippen LogP contribution >= 0.6 is 9.24 Å². The Morgan fingerprint density at radius 2 is 1.54 bits per heavy atom. The lowest BCUT2D eigenvalue weighted by Gasteiger charge is -2.00. The summed E-state index contributed by atoms with van der Waals surface area (Å²) in [4.78, 5) is 0. The van der Waals surface area contributed by atoms with E-state index in [-0.39, 0.29) is 0 Å². The summed E-state index contributed by atoms with van der Waals surface area (Å²) in [7, 11) is 3.49. The molecule has 1 aromatic rings. The molecule has 71 valence electrons. The van der Waals surface area contributed by atoms with Crippen LogP contribution in [0.1, 0.15) is 31.2 Å². The van der Waals surface area contributed by atoms with E-state index in [1.807, 2.05) is 0 Å². The molecule has 0 saturated carbocycles. The van der Waals surface area contributed by atoms with Gasteiger partial charge in [0.15, 0.2) is 0 Å². The highest BCUT2D eigenvalue weighted by Gasteiger charge is 1.91. The summed E-state index contributed by atoms with van der Waals surface area (Å²) in [6.45, 7) is 0. The summed E-state index contributed by atoms with van der Waals surface area (Å²) in [5.74, 6) is 0. The van der Waals surface area contributed by atoms with E-state index in [2.05, 4.69) is 39.6 Å². The summed E-state index contributed by atoms with van der Waals surface area (Å²) in [6, 6.07) is 10.7. The van der Waals surface area contributed by atoms with Crippen molar-refractivity contribution in [3.63, 3.8) is 0 Å². The SMILES string of the molecule is [PH]CCCCCCc1ccccc1. The highest BCUT2D eigenvalue weighted by molar-refractivity contribution is 7.16. The fourth-order valence-corrected chi connectivity index (χ4v) is 1.70. The number of aryl methyl sites for hydroxylation is 1. The Morgan fingerprint density at radius 1 is 0.846 bits per heavy atom. The predicted octanol–water partition coefficient (Wildman–Crippen LogP) is 3.93. The van der Waals surface area contributed by atoms with Crippen molar-refractivity contribution < 1.29 is 0 Å². The standard InChI is InChI=1S/C12H18P/c13-11-7-2-1-4-8-12-9-5-3-6-10-12/h3,5-6,9-10,13H,1-2,4,7-8,11H2. The highest BCUT2D eigenvalue weighted by atomic mass is 31.0. The molecule has 0 aliphatic rings. The van der Waals surface area contributed by atoms with E-state index in [9.17, 15) is 0 Å². The van der Waals surface area contributed by atoms with Crippen LogP contribution in [0.25, 0.3) is 0 Å². The number of benzene rings is 1. The molecule has 0 heterocycles. The molecule has 0 spiro atoms. The molecule has 0 aromatic heterocycles. The minimum atomic E-state index is 1.14. The monoisotopic (exact) mass is 193 g/mol. The van der Waals surface area contributed by atoms with Crippen LogP contribution < -0.4 is 0 Å². The zero-order valence-corrected chi connectivity index (χ0v) is 9.13. The summed E-state index contributed by atoms with van der Waals surface area (Å²) in [6.07, 6.45) is 7.74. The maximum absolute atomic E-state index is 3.49. The van der Waals surface area contributed by atoms with Crippen molar-refractivity contribution in [2.45, 2.75) is 32.1 Å². The second kappa shape index (κ2) is 7.09. The molecule has 0 bridgehead atoms. The number of unbranched alkanes of at least 4 members (excludes halogenated alkanes) is 3. The summed E-state index contributed by atoms with van der Waals surface area (Å²) in [5.41, 5.74) is 1.47. The lowest BCUT2D eigenvalue weighted by molar-refractivity contribution is 0.670. The highest BCUT2D eigenvalue weighted by Crippen LogP contribution is 2.07. The summed E-state index contributed by atoms with van der Waals surface area (Å²) in [5, 5.41) is 0. The molecule has 0 nitrogen and oxygen atoms in total. The van der Waals surface area contributed by atoms with Gasteiger partial charge in [-0.25, -0.2) is 0 Å². The molecule has 0 unspecified atom stereocenters. The smallest absolute Gasteiger partial charge is 0.0279 e. The molecule has 1 heteroatoms. The Hall–Kier alpha value is -0.350. The molecule has 0 aliphatic carbocycles. The second-order valence-corrected chi connectivity index (χ2v) is 3.90. The first-order chi connectivity index (χ1) is 6.43. The van der Waals surface area contributed by atoms with Gasteiger partial charge in [-0.2, -0.15) is 0 Å². The Bertz CT molecular complexity index is 206. The molecule has 1 radical (unpaired) electrons. The lowest BCUT2D eigenvalue weighted by atomic mass is 10.1. The zero-order valence-electron chi connectivity index (χ0n) is 8.13. The Balaban J connectivity index is 2.07. The van der Waals surface area contributed by atoms with Crippen LogP contribution in [0.2, 0.25) is 0 Å². The minimum absolute atomic E-state index is 1.14. The van der Waals surface area contributed by atoms with Gasteiger partial charge >= 0.3 is 0 Å². The molecule has 0 saturated heterocycles. The third-order valence-corrected chi connectivity index (χ3v) is 2.59. The molecule has 0 N–H and O–H groups in total. The first-order valence-electron chi connectivity index (χ1n) is 5.12. The number of rotatable bonds is 6. The first kappa shape index (κ1) is 10.7. The van der Waals surface area contributed by atoms with E-state index in [0.717, 1.165) is 6.16 Å². The van der Waals surface area contributed by atoms with Crippen molar-refractivity contribution >= 4 is 9.24 Å². The van der Waals surface area contributed by atoms with Crippen molar-refractivity contribution in [1.29, 1.82) is 0 Å². The second-order valence-electron chi connectivity index (χ2n) is 3.40. The third kappa shape index (κ3) is 5.05. The van der Waals surface area contributed by atoms with Gasteiger partial charge in [-0.05, 0) is 31.0 Å². The van der Waals surface area contributed by atoms with Crippen molar-refractivity contribution in [2.75, 3.05) is 6.16 Å². The number of hydrogen-bond acceptors (Lipinski definition) is 0. The van der Waals surface area contributed by atoms with Gasteiger partial charge in [0.1, 0.15) is 0 Å². The van der Waals surface area contributed by atoms with Crippen LogP contribution in [0.3, 0.4) is 0 Å². The predicted molar refractivity (Wildman–Crippen MR) is 61.8 cm³/mol. The van der Waals surface area contributed by atoms with E-state index in [1.165, 1.54) is 37.7 Å². The Labute approximate surface area is 84.0 Å². The van der Waals surface area contributed by atoms with Gasteiger partial charge in [0.25, 0.3) is 0 Å². The first-order valence-corrected chi connectivity index (χ1v) is 5.82. The van der Waals surface area contributed by atoms with Crippen molar-refractivity contribution in [2.24, 2.45) is 0 Å². The van der Waals surface area contributed by atoms with Crippen LogP contribution in [0, 0.1) is 0 Å². The molecule has 1 rings (SSSR count). The van der Waals surface area contributed by atoms with Gasteiger partial charge in [0, 0.05) is 0 Å². The molecule has 1 aromatic carbocycles. The van der Waals surface area contributed by atoms with Crippen molar-refractivity contribution in [3.05, 3.63) is 35.9 Å². The molecular weight excluding hydrogens is 175 g/mol. The topological polar surface area (TPSA) is 0 Å². The van der Waals surface area contributed by atoms with E-state index < -0.39 is 0 Å². The van der Waals surface area contributed by atoms with Crippen LogP contribution in [0.4, 0.5) is 0 Å². The van der Waals surface area contributed by atoms with Gasteiger partial charge in [0.2, 0.25) is 0 Å². The van der Waals surface area contributed by atoms with Gasteiger partial charge in [-0.15, -0.1) is 0 Å². The lowest BCUT2D eigenvalue weighted by Crippen LogP contribution is -1.85. The summed E-state index contributed by atoms with van der Waals surface area (Å²) >= 11 is 0. The van der Waals surface area contributed by atoms with Gasteiger partial charge in [-0.3, -0.25) is 0 Å². The van der Waals surface area contributed by atoms with E-state index in [4.69, 9.17) is 0 Å². The quantitative estimate of drug-likeness (QED) is 0.474. The molecule has 0 amide bonds. The Morgan fingerprint density at radius 3 is 2.23 bits per heavy atom. The van der Waals surface area contributed by atoms with Crippen molar-refractivity contribution in [1.82, 2.24) is 0 Å². The van der Waals surface area contributed by atoms with E-state index >= 15 is 0 Å². The largest absolute Gasteiger partial charge is 0.0992 e. The van der Waals surface area contributed by atoms with E-state index in [0.29, 0.717) is 0 Å². The fourth-order valence-electron chi connectivity index (χ4n) is 1.45. The van der Waals surface area contributed by atoms with Crippen molar-refractivity contribution in [3.8, 4) is 0 Å². The summed E-state index contributed by atoms with van der Waals surface area (Å²) < 4.78 is 0. The molecule has 0 atom stereocenters. The van der Waals surface area contributed by atoms with Gasteiger partial charge in [0.05, 0.1) is 0 Å². The molecule has 0 aliphatic heterocycles. The van der Waals surface area contributed by atoms with Crippen LogP contribution in [-0.2, 0) is 6.42 Å². The zero-order chi connectivity index (χ0) is 9.36. The van der Waals surface area contributed by atoms with Gasteiger partial charge < -0.3 is 0 Å². The maximum Gasteiger partial charge on any atom is -0.0279 e. The van der Waals surface area contributed by atoms with Crippen LogP contribution in [-0.4, -0.2) is 6.16 Å². The molecule has 0 fully saturated rings. The third-order valence-electron chi connectivity index (χ3n) is 2.24. The number of hydrogen-bond donors (Lipinski definition) is 0. The minimum Gasteiger partial charge on any atom is -0.0992 e. The van der Waals surface area contributed by atoms with Gasteiger partial charge in [-0.1, -0.05) is 52.4 Å².